The van der Waals surface area contributed by atoms with Crippen LogP contribution in [-0.4, -0.2) is 32.6 Å². The van der Waals surface area contributed by atoms with Crippen molar-refractivity contribution >= 4 is 35.1 Å². The molecule has 0 atom stereocenters. The van der Waals surface area contributed by atoms with E-state index in [0.29, 0.717) is 29.7 Å². The molecule has 2 aliphatic heterocycles. The molecule has 1 saturated heterocycles. The van der Waals surface area contributed by atoms with Gasteiger partial charge in [-0.25, -0.2) is 14.3 Å². The monoisotopic (exact) mass is 430 g/mol. The van der Waals surface area contributed by atoms with Crippen molar-refractivity contribution in [3.8, 4) is 0 Å². The van der Waals surface area contributed by atoms with Crippen LogP contribution in [0.3, 0.4) is 0 Å². The molecule has 0 saturated carbocycles. The largest absolute Gasteiger partial charge is 0.416 e. The molecule has 1 fully saturated rings. The van der Waals surface area contributed by atoms with Crippen LogP contribution in [0.1, 0.15) is 22.4 Å². The third-order valence-electron chi connectivity index (χ3n) is 4.57. The lowest BCUT2D eigenvalue weighted by Crippen LogP contribution is -2.45. The van der Waals surface area contributed by atoms with E-state index in [1.54, 1.807) is 11.9 Å². The van der Waals surface area contributed by atoms with Crippen molar-refractivity contribution in [3.63, 3.8) is 0 Å². The van der Waals surface area contributed by atoms with Crippen molar-refractivity contribution < 1.29 is 13.2 Å². The van der Waals surface area contributed by atoms with Crippen molar-refractivity contribution in [3.05, 3.63) is 45.9 Å². The smallest absolute Gasteiger partial charge is 0.399 e. The highest BCUT2D eigenvalue weighted by Crippen LogP contribution is 2.35. The number of fused-ring (bicyclic) bond motifs is 1. The zero-order valence-corrected chi connectivity index (χ0v) is 16.3. The van der Waals surface area contributed by atoms with Crippen LogP contribution in [0.5, 0.6) is 0 Å². The standard InChI is InChI=1S/C17H18ClF3N6S/c18-16-25-14-8-27(28-12-5-23-6-12)7-13(14)15(26-16)24-4-9-1-10(17(19,20)21)3-11(22)2-9/h1-3,12,23H,4-8,22H2,(H,24,25,26). The summed E-state index contributed by atoms with van der Waals surface area (Å²) >= 11 is 7.82. The Morgan fingerprint density at radius 3 is 2.71 bits per heavy atom. The number of aromatic nitrogens is 2. The van der Waals surface area contributed by atoms with Gasteiger partial charge < -0.3 is 16.4 Å². The highest BCUT2D eigenvalue weighted by molar-refractivity contribution is 7.97. The topological polar surface area (TPSA) is 79.1 Å². The highest BCUT2D eigenvalue weighted by Gasteiger charge is 2.31. The highest BCUT2D eigenvalue weighted by atomic mass is 35.5. The fourth-order valence-electron chi connectivity index (χ4n) is 3.13. The minimum atomic E-state index is -4.45. The molecular formula is C17H18ClF3N6S. The third kappa shape index (κ3) is 4.29. The first-order valence-corrected chi connectivity index (χ1v) is 9.87. The Morgan fingerprint density at radius 1 is 1.25 bits per heavy atom. The average molecular weight is 431 g/mol. The summed E-state index contributed by atoms with van der Waals surface area (Å²) in [5.74, 6) is 0.542. The zero-order chi connectivity index (χ0) is 19.9. The zero-order valence-electron chi connectivity index (χ0n) is 14.7. The van der Waals surface area contributed by atoms with E-state index < -0.39 is 11.7 Å². The summed E-state index contributed by atoms with van der Waals surface area (Å²) in [6, 6.07) is 3.52. The third-order valence-corrected chi connectivity index (χ3v) is 5.93. The first kappa shape index (κ1) is 19.6. The summed E-state index contributed by atoms with van der Waals surface area (Å²) < 4.78 is 41.2. The summed E-state index contributed by atoms with van der Waals surface area (Å²) in [6.45, 7) is 3.41. The Balaban J connectivity index is 1.50. The Kier molecular flexibility index (Phi) is 5.30. The molecule has 1 aromatic carbocycles. The van der Waals surface area contributed by atoms with Crippen LogP contribution in [0.2, 0.25) is 5.28 Å². The molecule has 2 aliphatic rings. The summed E-state index contributed by atoms with van der Waals surface area (Å²) in [6.07, 6.45) is -4.45. The van der Waals surface area contributed by atoms with Crippen LogP contribution in [-0.2, 0) is 25.8 Å². The Labute approximate surface area is 169 Å². The number of nitrogens with two attached hydrogens (primary N) is 1. The van der Waals surface area contributed by atoms with E-state index in [4.69, 9.17) is 17.3 Å². The summed E-state index contributed by atoms with van der Waals surface area (Å²) in [5.41, 5.74) is 7.10. The normalized spacial score (nSPS) is 17.4. The van der Waals surface area contributed by atoms with Gasteiger partial charge in [-0.3, -0.25) is 0 Å². The number of alkyl halides is 3. The SMILES string of the molecule is Nc1cc(CNc2nc(Cl)nc3c2CN(SC2CNC2)C3)cc(C(F)(F)F)c1. The molecule has 3 heterocycles. The van der Waals surface area contributed by atoms with Crippen molar-refractivity contribution in [1.82, 2.24) is 19.6 Å². The molecule has 4 rings (SSSR count). The molecule has 1 aromatic heterocycles. The molecule has 0 bridgehead atoms. The first-order chi connectivity index (χ1) is 13.3. The van der Waals surface area contributed by atoms with Gasteiger partial charge in [0.2, 0.25) is 5.28 Å². The van der Waals surface area contributed by atoms with Crippen molar-refractivity contribution in [2.45, 2.75) is 31.1 Å². The van der Waals surface area contributed by atoms with Gasteiger partial charge in [0.25, 0.3) is 0 Å². The number of anilines is 2. The van der Waals surface area contributed by atoms with Crippen LogP contribution in [0.4, 0.5) is 24.7 Å². The van der Waals surface area contributed by atoms with E-state index in [2.05, 4.69) is 24.9 Å². The maximum atomic E-state index is 13.0. The number of nitrogens with one attached hydrogen (secondary N) is 2. The molecule has 4 N–H and O–H groups in total. The number of nitrogens with zero attached hydrogens (tertiary/aromatic N) is 3. The Bertz CT molecular complexity index is 890. The number of benzene rings is 1. The van der Waals surface area contributed by atoms with Gasteiger partial charge in [0.05, 0.1) is 17.8 Å². The number of halogens is 4. The molecule has 0 spiro atoms. The quantitative estimate of drug-likeness (QED) is 0.381. The minimum absolute atomic E-state index is 0.0641. The molecule has 0 unspecified atom stereocenters. The lowest BCUT2D eigenvalue weighted by Gasteiger charge is -2.29. The molecule has 0 radical (unpaired) electrons. The van der Waals surface area contributed by atoms with Crippen LogP contribution in [0.25, 0.3) is 0 Å². The van der Waals surface area contributed by atoms with E-state index in [1.807, 2.05) is 0 Å². The van der Waals surface area contributed by atoms with E-state index in [9.17, 15) is 13.2 Å². The van der Waals surface area contributed by atoms with Crippen LogP contribution >= 0.6 is 23.5 Å². The number of nitrogen functional groups attached to an aromatic ring is 1. The fraction of sp³-hybridized carbons (Fsp3) is 0.412. The lowest BCUT2D eigenvalue weighted by atomic mass is 10.1. The van der Waals surface area contributed by atoms with Gasteiger partial charge in [0.15, 0.2) is 0 Å². The molecular weight excluding hydrogens is 413 g/mol. The molecule has 2 aromatic rings. The van der Waals surface area contributed by atoms with Gasteiger partial charge in [0.1, 0.15) is 5.82 Å². The number of rotatable bonds is 5. The van der Waals surface area contributed by atoms with E-state index in [0.717, 1.165) is 36.5 Å². The summed E-state index contributed by atoms with van der Waals surface area (Å²) in [7, 11) is 0. The van der Waals surface area contributed by atoms with Crippen LogP contribution in [0.15, 0.2) is 18.2 Å². The molecule has 6 nitrogen and oxygen atoms in total. The van der Waals surface area contributed by atoms with E-state index in [-0.39, 0.29) is 17.5 Å². The second-order valence-electron chi connectivity index (χ2n) is 6.76. The molecule has 28 heavy (non-hydrogen) atoms. The fourth-order valence-corrected chi connectivity index (χ4v) is 4.53. The summed E-state index contributed by atoms with van der Waals surface area (Å²) in [4.78, 5) is 8.55. The van der Waals surface area contributed by atoms with Crippen molar-refractivity contribution in [2.75, 3.05) is 24.1 Å². The maximum Gasteiger partial charge on any atom is 0.416 e. The van der Waals surface area contributed by atoms with Crippen LogP contribution in [0, 0.1) is 0 Å². The summed E-state index contributed by atoms with van der Waals surface area (Å²) in [5, 5.41) is 7.00. The van der Waals surface area contributed by atoms with Crippen LogP contribution < -0.4 is 16.4 Å². The molecule has 11 heteroatoms. The van der Waals surface area contributed by atoms with Crippen molar-refractivity contribution in [2.24, 2.45) is 0 Å². The number of hydrogen-bond acceptors (Lipinski definition) is 7. The van der Waals surface area contributed by atoms with Gasteiger partial charge in [0, 0.05) is 42.7 Å². The van der Waals surface area contributed by atoms with Gasteiger partial charge in [-0.15, -0.1) is 0 Å². The number of hydrogen-bond donors (Lipinski definition) is 3. The molecule has 150 valence electrons. The van der Waals surface area contributed by atoms with Gasteiger partial charge in [-0.2, -0.15) is 13.2 Å². The van der Waals surface area contributed by atoms with Gasteiger partial charge in [-0.1, -0.05) is 11.9 Å². The lowest BCUT2D eigenvalue weighted by molar-refractivity contribution is -0.137. The second-order valence-corrected chi connectivity index (χ2v) is 8.50. The first-order valence-electron chi connectivity index (χ1n) is 8.66. The maximum absolute atomic E-state index is 13.0. The Hall–Kier alpha value is -1.75. The molecule has 0 amide bonds. The average Bonchev–Trinajstić information content (AvgIpc) is 2.97. The van der Waals surface area contributed by atoms with Gasteiger partial charge in [-0.05, 0) is 35.4 Å². The predicted molar refractivity (Wildman–Crippen MR) is 104 cm³/mol. The van der Waals surface area contributed by atoms with E-state index >= 15 is 0 Å². The van der Waals surface area contributed by atoms with Crippen molar-refractivity contribution in [1.29, 1.82) is 0 Å². The van der Waals surface area contributed by atoms with Gasteiger partial charge >= 0.3 is 6.18 Å². The molecule has 0 aliphatic carbocycles. The Morgan fingerprint density at radius 2 is 2.04 bits per heavy atom. The minimum Gasteiger partial charge on any atom is -0.399 e. The predicted octanol–water partition coefficient (Wildman–Crippen LogP) is 3.28. The van der Waals surface area contributed by atoms with E-state index in [1.165, 1.54) is 6.07 Å². The second kappa shape index (κ2) is 7.58.